The molecule has 0 radical (unpaired) electrons. The quantitative estimate of drug-likeness (QED) is 0.734. The summed E-state index contributed by atoms with van der Waals surface area (Å²) in [6.07, 6.45) is 3.02. The molecule has 1 unspecified atom stereocenters. The molecule has 1 saturated heterocycles. The summed E-state index contributed by atoms with van der Waals surface area (Å²) in [5.74, 6) is 3.60. The van der Waals surface area contributed by atoms with E-state index >= 15 is 0 Å². The Hall–Kier alpha value is -2.65. The molecule has 1 N–H and O–H groups in total. The molecule has 1 atom stereocenters. The van der Waals surface area contributed by atoms with E-state index in [2.05, 4.69) is 37.1 Å². The minimum Gasteiger partial charge on any atom is -0.486 e. The molecule has 4 heterocycles. The molecular weight excluding hydrogens is 398 g/mol. The zero-order chi connectivity index (χ0) is 21.0. The molecule has 2 aromatic rings. The van der Waals surface area contributed by atoms with E-state index < -0.39 is 0 Å². The normalized spacial score (nSPS) is 20.8. The Morgan fingerprint density at radius 3 is 2.87 bits per heavy atom. The van der Waals surface area contributed by atoms with Crippen LogP contribution in [-0.4, -0.2) is 71.1 Å². The number of rotatable bonds is 6. The van der Waals surface area contributed by atoms with Gasteiger partial charge in [0.2, 0.25) is 5.91 Å². The summed E-state index contributed by atoms with van der Waals surface area (Å²) in [5.41, 5.74) is 1.22. The first-order chi connectivity index (χ1) is 15.3. The fourth-order valence-electron chi connectivity index (χ4n) is 4.41. The van der Waals surface area contributed by atoms with Gasteiger partial charge in [-0.25, -0.2) is 0 Å². The predicted octanol–water partition coefficient (Wildman–Crippen LogP) is 0.945. The third kappa shape index (κ3) is 4.67. The van der Waals surface area contributed by atoms with E-state index in [-0.39, 0.29) is 12.0 Å². The standard InChI is InChI=1S/C22H29N5O4/c28-22(18-2-1-11-29-18)23-7-5-20-24-25-21-6-8-26(9-10-27(20)21)15-16-3-4-17-19(14-16)31-13-12-30-17/h3-4,14,18H,1-2,5-13,15H2,(H,23,28). The number of benzene rings is 1. The van der Waals surface area contributed by atoms with Gasteiger partial charge in [-0.05, 0) is 30.5 Å². The number of ether oxygens (including phenoxy) is 3. The maximum Gasteiger partial charge on any atom is 0.249 e. The minimum absolute atomic E-state index is 0.0151. The van der Waals surface area contributed by atoms with E-state index in [1.165, 1.54) is 5.56 Å². The van der Waals surface area contributed by atoms with Gasteiger partial charge in [-0.2, -0.15) is 0 Å². The third-order valence-corrected chi connectivity index (χ3v) is 6.08. The van der Waals surface area contributed by atoms with Gasteiger partial charge >= 0.3 is 0 Å². The molecule has 0 saturated carbocycles. The largest absolute Gasteiger partial charge is 0.486 e. The lowest BCUT2D eigenvalue weighted by Gasteiger charge is -2.22. The Balaban J connectivity index is 1.15. The monoisotopic (exact) mass is 427 g/mol. The first-order valence-electron chi connectivity index (χ1n) is 11.2. The topological polar surface area (TPSA) is 90.7 Å². The van der Waals surface area contributed by atoms with E-state index in [0.29, 0.717) is 32.8 Å². The van der Waals surface area contributed by atoms with Gasteiger partial charge in [-0.3, -0.25) is 9.69 Å². The molecule has 1 aromatic carbocycles. The molecule has 9 heteroatoms. The highest BCUT2D eigenvalue weighted by Gasteiger charge is 2.24. The van der Waals surface area contributed by atoms with Crippen LogP contribution in [0.2, 0.25) is 0 Å². The van der Waals surface area contributed by atoms with Crippen molar-refractivity contribution in [3.05, 3.63) is 35.4 Å². The fraction of sp³-hybridized carbons (Fsp3) is 0.591. The predicted molar refractivity (Wildman–Crippen MR) is 112 cm³/mol. The summed E-state index contributed by atoms with van der Waals surface area (Å²) in [4.78, 5) is 14.6. The number of carbonyl (C=O) groups excluding carboxylic acids is 1. The highest BCUT2D eigenvalue weighted by atomic mass is 16.6. The lowest BCUT2D eigenvalue weighted by molar-refractivity contribution is -0.130. The van der Waals surface area contributed by atoms with Crippen LogP contribution >= 0.6 is 0 Å². The van der Waals surface area contributed by atoms with Crippen molar-refractivity contribution in [3.8, 4) is 11.5 Å². The highest BCUT2D eigenvalue weighted by molar-refractivity contribution is 5.80. The molecule has 0 spiro atoms. The third-order valence-electron chi connectivity index (χ3n) is 6.08. The van der Waals surface area contributed by atoms with Crippen LogP contribution < -0.4 is 14.8 Å². The van der Waals surface area contributed by atoms with Gasteiger partial charge in [0.05, 0.1) is 0 Å². The van der Waals surface area contributed by atoms with Gasteiger partial charge < -0.3 is 24.1 Å². The van der Waals surface area contributed by atoms with Crippen molar-refractivity contribution in [3.63, 3.8) is 0 Å². The van der Waals surface area contributed by atoms with Crippen molar-refractivity contribution < 1.29 is 19.0 Å². The summed E-state index contributed by atoms with van der Waals surface area (Å²) in [6.45, 7) is 6.01. The highest BCUT2D eigenvalue weighted by Crippen LogP contribution is 2.31. The zero-order valence-corrected chi connectivity index (χ0v) is 17.7. The summed E-state index contributed by atoms with van der Waals surface area (Å²) >= 11 is 0. The summed E-state index contributed by atoms with van der Waals surface area (Å²) in [5, 5.41) is 11.8. The lowest BCUT2D eigenvalue weighted by atomic mass is 10.1. The van der Waals surface area contributed by atoms with E-state index in [1.54, 1.807) is 0 Å². The molecule has 1 amide bonds. The molecule has 0 aliphatic carbocycles. The van der Waals surface area contributed by atoms with Crippen molar-refractivity contribution in [1.82, 2.24) is 25.0 Å². The van der Waals surface area contributed by atoms with Gasteiger partial charge in [0.1, 0.15) is 31.0 Å². The van der Waals surface area contributed by atoms with E-state index in [1.807, 2.05) is 6.07 Å². The van der Waals surface area contributed by atoms with Gasteiger partial charge in [0.15, 0.2) is 11.5 Å². The number of aromatic nitrogens is 3. The smallest absolute Gasteiger partial charge is 0.249 e. The number of nitrogens with one attached hydrogen (secondary N) is 1. The van der Waals surface area contributed by atoms with Crippen molar-refractivity contribution in [2.24, 2.45) is 0 Å². The number of carbonyl (C=O) groups is 1. The zero-order valence-electron chi connectivity index (χ0n) is 17.7. The van der Waals surface area contributed by atoms with Crippen LogP contribution in [0.4, 0.5) is 0 Å². The Kier molecular flexibility index (Phi) is 6.04. The van der Waals surface area contributed by atoms with Crippen LogP contribution in [-0.2, 0) is 35.5 Å². The molecule has 5 rings (SSSR count). The Morgan fingerprint density at radius 1 is 1.10 bits per heavy atom. The number of fused-ring (bicyclic) bond motifs is 2. The summed E-state index contributed by atoms with van der Waals surface area (Å²) < 4.78 is 19.0. The van der Waals surface area contributed by atoms with E-state index in [0.717, 1.165) is 68.6 Å². The first-order valence-corrected chi connectivity index (χ1v) is 11.2. The molecule has 0 bridgehead atoms. The van der Waals surface area contributed by atoms with Gasteiger partial charge in [0.25, 0.3) is 0 Å². The molecule has 9 nitrogen and oxygen atoms in total. The van der Waals surface area contributed by atoms with Crippen LogP contribution in [0, 0.1) is 0 Å². The van der Waals surface area contributed by atoms with Crippen molar-refractivity contribution in [1.29, 1.82) is 0 Å². The Labute approximate surface area is 181 Å². The fourth-order valence-corrected chi connectivity index (χ4v) is 4.41. The molecule has 1 aromatic heterocycles. The number of hydrogen-bond acceptors (Lipinski definition) is 7. The Morgan fingerprint density at radius 2 is 2.00 bits per heavy atom. The number of hydrogen-bond donors (Lipinski definition) is 1. The van der Waals surface area contributed by atoms with Gasteiger partial charge in [0, 0.05) is 52.2 Å². The average molecular weight is 428 g/mol. The second-order valence-corrected chi connectivity index (χ2v) is 8.23. The van der Waals surface area contributed by atoms with Gasteiger partial charge in [-0.1, -0.05) is 6.07 Å². The van der Waals surface area contributed by atoms with Crippen LogP contribution in [0.15, 0.2) is 18.2 Å². The maximum absolute atomic E-state index is 12.1. The van der Waals surface area contributed by atoms with Gasteiger partial charge in [-0.15, -0.1) is 10.2 Å². The second-order valence-electron chi connectivity index (χ2n) is 8.23. The lowest BCUT2D eigenvalue weighted by Crippen LogP contribution is -2.35. The maximum atomic E-state index is 12.1. The Bertz CT molecular complexity index is 925. The van der Waals surface area contributed by atoms with E-state index in [9.17, 15) is 4.79 Å². The van der Waals surface area contributed by atoms with Crippen LogP contribution in [0.3, 0.4) is 0 Å². The van der Waals surface area contributed by atoms with Crippen molar-refractivity contribution in [2.45, 2.75) is 44.9 Å². The molecular formula is C22H29N5O4. The molecule has 31 heavy (non-hydrogen) atoms. The van der Waals surface area contributed by atoms with Crippen LogP contribution in [0.25, 0.3) is 0 Å². The first kappa shape index (κ1) is 20.3. The molecule has 1 fully saturated rings. The average Bonchev–Trinajstić information content (AvgIpc) is 3.42. The molecule has 3 aliphatic rings. The molecule has 166 valence electrons. The van der Waals surface area contributed by atoms with Crippen molar-refractivity contribution >= 4 is 5.91 Å². The molecule has 3 aliphatic heterocycles. The van der Waals surface area contributed by atoms with Crippen LogP contribution in [0.5, 0.6) is 11.5 Å². The number of nitrogens with zero attached hydrogens (tertiary/aromatic N) is 4. The summed E-state index contributed by atoms with van der Waals surface area (Å²) in [6, 6.07) is 6.20. The second kappa shape index (κ2) is 9.23. The minimum atomic E-state index is -0.287. The SMILES string of the molecule is O=C(NCCc1nnc2n1CCN(Cc1ccc3c(c1)OCCO3)CC2)C1CCCO1. The van der Waals surface area contributed by atoms with Crippen molar-refractivity contribution in [2.75, 3.05) is 39.5 Å². The number of amides is 1. The van der Waals surface area contributed by atoms with Crippen LogP contribution in [0.1, 0.15) is 30.1 Å². The summed E-state index contributed by atoms with van der Waals surface area (Å²) in [7, 11) is 0. The van der Waals surface area contributed by atoms with E-state index in [4.69, 9.17) is 14.2 Å².